The van der Waals surface area contributed by atoms with Gasteiger partial charge in [-0.05, 0) is 38.8 Å². The van der Waals surface area contributed by atoms with Gasteiger partial charge < -0.3 is 5.11 Å². The van der Waals surface area contributed by atoms with Crippen LogP contribution >= 0.6 is 22.9 Å². The fourth-order valence-corrected chi connectivity index (χ4v) is 3.64. The molecule has 1 atom stereocenters. The number of rotatable bonds is 5. The van der Waals surface area contributed by atoms with E-state index in [1.165, 1.54) is 10.4 Å². The Balaban J connectivity index is 2.27. The lowest BCUT2D eigenvalue weighted by atomic mass is 10.1. The average Bonchev–Trinajstić information content (AvgIpc) is 2.92. The van der Waals surface area contributed by atoms with Crippen molar-refractivity contribution in [3.63, 3.8) is 0 Å². The predicted molar refractivity (Wildman–Crippen MR) is 84.7 cm³/mol. The molecule has 0 aromatic carbocycles. The monoisotopic (exact) mass is 312 g/mol. The van der Waals surface area contributed by atoms with Gasteiger partial charge in [-0.1, -0.05) is 18.5 Å². The molecule has 0 radical (unpaired) electrons. The van der Waals surface area contributed by atoms with E-state index in [0.717, 1.165) is 29.2 Å². The van der Waals surface area contributed by atoms with Crippen LogP contribution in [0.1, 0.15) is 46.7 Å². The van der Waals surface area contributed by atoms with Crippen LogP contribution in [0.15, 0.2) is 6.07 Å². The zero-order chi connectivity index (χ0) is 14.9. The predicted octanol–water partition coefficient (Wildman–Crippen LogP) is 4.07. The molecule has 0 bridgehead atoms. The van der Waals surface area contributed by atoms with E-state index in [9.17, 15) is 5.11 Å². The highest BCUT2D eigenvalue weighted by molar-refractivity contribution is 7.12. The maximum Gasteiger partial charge on any atom is 0.0937 e. The van der Waals surface area contributed by atoms with Crippen LogP contribution in [0, 0.1) is 13.8 Å². The quantitative estimate of drug-likeness (QED) is 0.903. The Morgan fingerprint density at radius 2 is 2.10 bits per heavy atom. The second-order valence-electron chi connectivity index (χ2n) is 4.98. The van der Waals surface area contributed by atoms with E-state index in [0.29, 0.717) is 11.4 Å². The Morgan fingerprint density at radius 3 is 2.60 bits per heavy atom. The molecule has 0 saturated heterocycles. The number of aromatic nitrogens is 2. The molecule has 0 amide bonds. The summed E-state index contributed by atoms with van der Waals surface area (Å²) in [6, 6.07) is 2.06. The Hall–Kier alpha value is -0.840. The highest BCUT2D eigenvalue weighted by Gasteiger charge is 2.20. The number of thiophene rings is 1. The Kier molecular flexibility index (Phi) is 4.89. The minimum Gasteiger partial charge on any atom is -0.387 e. The molecule has 0 aliphatic carbocycles. The zero-order valence-electron chi connectivity index (χ0n) is 12.4. The average molecular weight is 313 g/mol. The maximum atomic E-state index is 10.4. The number of hydrogen-bond donors (Lipinski definition) is 1. The van der Waals surface area contributed by atoms with Gasteiger partial charge >= 0.3 is 0 Å². The van der Waals surface area contributed by atoms with E-state index < -0.39 is 6.10 Å². The van der Waals surface area contributed by atoms with E-state index in [1.807, 2.05) is 18.5 Å². The third-order valence-corrected chi connectivity index (χ3v) is 5.28. The Bertz CT molecular complexity index is 584. The molecule has 2 heterocycles. The van der Waals surface area contributed by atoms with Gasteiger partial charge in [0.05, 0.1) is 22.5 Å². The second-order valence-corrected chi connectivity index (χ2v) is 6.65. The molecule has 2 aromatic heterocycles. The number of aliphatic hydroxyl groups is 1. The van der Waals surface area contributed by atoms with Crippen LogP contribution in [0.2, 0.25) is 5.02 Å². The molecular formula is C15H21ClN2OS. The molecule has 110 valence electrons. The molecule has 1 unspecified atom stereocenters. The van der Waals surface area contributed by atoms with Crippen molar-refractivity contribution in [1.82, 2.24) is 9.78 Å². The topological polar surface area (TPSA) is 38.0 Å². The summed E-state index contributed by atoms with van der Waals surface area (Å²) in [5.41, 5.74) is 3.07. The van der Waals surface area contributed by atoms with Crippen LogP contribution in [-0.4, -0.2) is 14.9 Å². The number of nitrogens with zero attached hydrogens (tertiary/aromatic N) is 2. The van der Waals surface area contributed by atoms with E-state index in [1.54, 1.807) is 11.3 Å². The standard InChI is InChI=1S/C15H21ClN2OS/c1-5-11-15(16)12(18(6-2)17-11)8-13(19)14-7-9(3)10(4)20-14/h7,13,19H,5-6,8H2,1-4H3. The third-order valence-electron chi connectivity index (χ3n) is 3.59. The van der Waals surface area contributed by atoms with Gasteiger partial charge in [-0.25, -0.2) is 0 Å². The lowest BCUT2D eigenvalue weighted by Gasteiger charge is -2.10. The summed E-state index contributed by atoms with van der Waals surface area (Å²) < 4.78 is 1.90. The van der Waals surface area contributed by atoms with Crippen molar-refractivity contribution < 1.29 is 5.11 Å². The molecule has 20 heavy (non-hydrogen) atoms. The lowest BCUT2D eigenvalue weighted by Crippen LogP contribution is -2.08. The van der Waals surface area contributed by atoms with Gasteiger partial charge in [-0.15, -0.1) is 11.3 Å². The van der Waals surface area contributed by atoms with Gasteiger partial charge in [0.15, 0.2) is 0 Å². The second kappa shape index (κ2) is 6.29. The van der Waals surface area contributed by atoms with Crippen molar-refractivity contribution >= 4 is 22.9 Å². The van der Waals surface area contributed by atoms with Crippen molar-refractivity contribution in [3.8, 4) is 0 Å². The van der Waals surface area contributed by atoms with E-state index in [4.69, 9.17) is 11.6 Å². The molecule has 2 aromatic rings. The van der Waals surface area contributed by atoms with Crippen LogP contribution in [-0.2, 0) is 19.4 Å². The van der Waals surface area contributed by atoms with Crippen molar-refractivity contribution in [2.75, 3.05) is 0 Å². The Labute approximate surface area is 129 Å². The highest BCUT2D eigenvalue weighted by Crippen LogP contribution is 2.31. The summed E-state index contributed by atoms with van der Waals surface area (Å²) in [5, 5.41) is 15.6. The molecule has 5 heteroatoms. The van der Waals surface area contributed by atoms with Gasteiger partial charge in [0, 0.05) is 22.7 Å². The maximum absolute atomic E-state index is 10.4. The summed E-state index contributed by atoms with van der Waals surface area (Å²) in [4.78, 5) is 2.25. The molecule has 0 aliphatic rings. The van der Waals surface area contributed by atoms with Crippen molar-refractivity contribution in [2.24, 2.45) is 0 Å². The fourth-order valence-electron chi connectivity index (χ4n) is 2.26. The van der Waals surface area contributed by atoms with E-state index >= 15 is 0 Å². The molecule has 0 saturated carbocycles. The van der Waals surface area contributed by atoms with Gasteiger partial charge in [-0.2, -0.15) is 5.10 Å². The minimum atomic E-state index is -0.517. The summed E-state index contributed by atoms with van der Waals surface area (Å²) in [6.45, 7) is 9.00. The van der Waals surface area contributed by atoms with Crippen LogP contribution in [0.25, 0.3) is 0 Å². The third kappa shape index (κ3) is 2.92. The van der Waals surface area contributed by atoms with Crippen LogP contribution in [0.3, 0.4) is 0 Å². The number of halogens is 1. The zero-order valence-corrected chi connectivity index (χ0v) is 14.0. The van der Waals surface area contributed by atoms with Gasteiger partial charge in [0.25, 0.3) is 0 Å². The largest absolute Gasteiger partial charge is 0.387 e. The SMILES string of the molecule is CCc1nn(CC)c(CC(O)c2cc(C)c(C)s2)c1Cl. The van der Waals surface area contributed by atoms with Gasteiger partial charge in [0.1, 0.15) is 0 Å². The number of aliphatic hydroxyl groups excluding tert-OH is 1. The molecule has 3 nitrogen and oxygen atoms in total. The normalized spacial score (nSPS) is 12.9. The summed E-state index contributed by atoms with van der Waals surface area (Å²) >= 11 is 8.04. The molecule has 0 spiro atoms. The van der Waals surface area contributed by atoms with Crippen LogP contribution in [0.4, 0.5) is 0 Å². The summed E-state index contributed by atoms with van der Waals surface area (Å²) in [7, 11) is 0. The first kappa shape index (κ1) is 15.5. The van der Waals surface area contributed by atoms with Crippen molar-refractivity contribution in [1.29, 1.82) is 0 Å². The minimum absolute atomic E-state index is 0.513. The number of hydrogen-bond acceptors (Lipinski definition) is 3. The molecule has 0 aliphatic heterocycles. The molecule has 1 N–H and O–H groups in total. The first-order valence-corrected chi connectivity index (χ1v) is 8.16. The first-order chi connectivity index (χ1) is 9.47. The summed E-state index contributed by atoms with van der Waals surface area (Å²) in [6.07, 6.45) is 0.808. The molecular weight excluding hydrogens is 292 g/mol. The fraction of sp³-hybridized carbons (Fsp3) is 0.533. The van der Waals surface area contributed by atoms with Crippen LogP contribution in [0.5, 0.6) is 0 Å². The van der Waals surface area contributed by atoms with Gasteiger partial charge in [0.2, 0.25) is 0 Å². The van der Waals surface area contributed by atoms with Crippen LogP contribution < -0.4 is 0 Å². The molecule has 0 fully saturated rings. The lowest BCUT2D eigenvalue weighted by molar-refractivity contribution is 0.179. The van der Waals surface area contributed by atoms with Crippen molar-refractivity contribution in [3.05, 3.63) is 37.8 Å². The van der Waals surface area contributed by atoms with E-state index in [2.05, 4.69) is 25.0 Å². The Morgan fingerprint density at radius 1 is 1.40 bits per heavy atom. The highest BCUT2D eigenvalue weighted by atomic mass is 35.5. The smallest absolute Gasteiger partial charge is 0.0937 e. The van der Waals surface area contributed by atoms with Crippen molar-refractivity contribution in [2.45, 2.75) is 53.2 Å². The van der Waals surface area contributed by atoms with E-state index in [-0.39, 0.29) is 0 Å². The van der Waals surface area contributed by atoms with Gasteiger partial charge in [-0.3, -0.25) is 4.68 Å². The molecule has 2 rings (SSSR count). The number of aryl methyl sites for hydroxylation is 4. The first-order valence-electron chi connectivity index (χ1n) is 6.96. The summed E-state index contributed by atoms with van der Waals surface area (Å²) in [5.74, 6) is 0.